The predicted octanol–water partition coefficient (Wildman–Crippen LogP) is 3.03. The lowest BCUT2D eigenvalue weighted by atomic mass is 10.1. The summed E-state index contributed by atoms with van der Waals surface area (Å²) in [6.07, 6.45) is -3.67. The Morgan fingerprint density at radius 1 is 1.32 bits per heavy atom. The van der Waals surface area contributed by atoms with Gasteiger partial charge in [0.05, 0.1) is 11.3 Å². The van der Waals surface area contributed by atoms with Gasteiger partial charge in [-0.1, -0.05) is 0 Å². The van der Waals surface area contributed by atoms with Crippen LogP contribution in [0, 0.1) is 5.82 Å². The van der Waals surface area contributed by atoms with Gasteiger partial charge < -0.3 is 10.2 Å². The van der Waals surface area contributed by atoms with Crippen molar-refractivity contribution in [2.45, 2.75) is 25.6 Å². The summed E-state index contributed by atoms with van der Waals surface area (Å²) in [6, 6.07) is 2.68. The van der Waals surface area contributed by atoms with Gasteiger partial charge in [0.25, 0.3) is 0 Å². The third kappa shape index (κ3) is 3.37. The summed E-state index contributed by atoms with van der Waals surface area (Å²) >= 11 is 0. The van der Waals surface area contributed by atoms with Gasteiger partial charge in [0, 0.05) is 19.1 Å². The minimum Gasteiger partial charge on any atom is -0.368 e. The fraction of sp³-hybridized carbons (Fsp3) is 0.538. The standard InChI is InChI=1S/C13H16F4N2/c1-9-8-19(6-2-5-18-9)12-7-10(13(15,16)17)3-4-11(12)14/h3-4,7,9,18H,2,5-6,8H2,1H3. The quantitative estimate of drug-likeness (QED) is 0.793. The summed E-state index contributed by atoms with van der Waals surface area (Å²) in [6.45, 7) is 3.77. The minimum absolute atomic E-state index is 0.0328. The van der Waals surface area contributed by atoms with Crippen LogP contribution >= 0.6 is 0 Å². The highest BCUT2D eigenvalue weighted by Gasteiger charge is 2.32. The van der Waals surface area contributed by atoms with E-state index < -0.39 is 17.6 Å². The highest BCUT2D eigenvalue weighted by atomic mass is 19.4. The monoisotopic (exact) mass is 276 g/mol. The van der Waals surface area contributed by atoms with Gasteiger partial charge >= 0.3 is 6.18 Å². The van der Waals surface area contributed by atoms with E-state index >= 15 is 0 Å². The maximum atomic E-state index is 13.8. The summed E-state index contributed by atoms with van der Waals surface area (Å²) in [7, 11) is 0. The normalized spacial score (nSPS) is 21.3. The fourth-order valence-electron chi connectivity index (χ4n) is 2.25. The minimum atomic E-state index is -4.45. The Morgan fingerprint density at radius 3 is 2.74 bits per heavy atom. The van der Waals surface area contributed by atoms with Crippen LogP contribution in [0.25, 0.3) is 0 Å². The van der Waals surface area contributed by atoms with E-state index in [2.05, 4.69) is 5.32 Å². The number of benzene rings is 1. The molecule has 1 aliphatic heterocycles. The Labute approximate surface area is 109 Å². The Kier molecular flexibility index (Phi) is 3.99. The lowest BCUT2D eigenvalue weighted by Crippen LogP contribution is -2.35. The Hall–Kier alpha value is -1.30. The maximum absolute atomic E-state index is 13.8. The zero-order chi connectivity index (χ0) is 14.0. The van der Waals surface area contributed by atoms with Crippen LogP contribution in [0.2, 0.25) is 0 Å². The van der Waals surface area contributed by atoms with Crippen molar-refractivity contribution in [3.63, 3.8) is 0 Å². The summed E-state index contributed by atoms with van der Waals surface area (Å²) < 4.78 is 51.8. The van der Waals surface area contributed by atoms with Gasteiger partial charge in [-0.05, 0) is 38.1 Å². The van der Waals surface area contributed by atoms with E-state index in [1.165, 1.54) is 0 Å². The van der Waals surface area contributed by atoms with Crippen molar-refractivity contribution >= 4 is 5.69 Å². The number of nitrogens with one attached hydrogen (secondary N) is 1. The van der Waals surface area contributed by atoms with Gasteiger partial charge in [0.2, 0.25) is 0 Å². The first kappa shape index (κ1) is 14.1. The summed E-state index contributed by atoms with van der Waals surface area (Å²) in [5.74, 6) is -0.609. The molecule has 0 saturated carbocycles. The van der Waals surface area contributed by atoms with Crippen LogP contribution in [0.15, 0.2) is 18.2 Å². The molecule has 0 spiro atoms. The van der Waals surface area contributed by atoms with Crippen LogP contribution in [0.3, 0.4) is 0 Å². The average molecular weight is 276 g/mol. The topological polar surface area (TPSA) is 15.3 Å². The molecular formula is C13H16F4N2. The highest BCUT2D eigenvalue weighted by molar-refractivity contribution is 5.51. The largest absolute Gasteiger partial charge is 0.416 e. The van der Waals surface area contributed by atoms with Crippen molar-refractivity contribution in [3.05, 3.63) is 29.6 Å². The Bertz CT molecular complexity index is 445. The lowest BCUT2D eigenvalue weighted by molar-refractivity contribution is -0.137. The molecule has 1 unspecified atom stereocenters. The molecule has 1 aliphatic rings. The number of hydrogen-bond acceptors (Lipinski definition) is 2. The van der Waals surface area contributed by atoms with E-state index in [4.69, 9.17) is 0 Å². The zero-order valence-electron chi connectivity index (χ0n) is 10.6. The number of anilines is 1. The van der Waals surface area contributed by atoms with Crippen molar-refractivity contribution in [2.75, 3.05) is 24.5 Å². The van der Waals surface area contributed by atoms with E-state index in [0.717, 1.165) is 31.2 Å². The van der Waals surface area contributed by atoms with Gasteiger partial charge in [-0.3, -0.25) is 0 Å². The van der Waals surface area contributed by atoms with Crippen LogP contribution in [0.5, 0.6) is 0 Å². The third-order valence-electron chi connectivity index (χ3n) is 3.21. The van der Waals surface area contributed by atoms with E-state index in [1.54, 1.807) is 4.90 Å². The van der Waals surface area contributed by atoms with Crippen molar-refractivity contribution in [1.29, 1.82) is 0 Å². The molecule has 2 nitrogen and oxygen atoms in total. The molecule has 0 aromatic heterocycles. The zero-order valence-corrected chi connectivity index (χ0v) is 10.6. The average Bonchev–Trinajstić information content (AvgIpc) is 2.53. The Balaban J connectivity index is 2.32. The molecule has 19 heavy (non-hydrogen) atoms. The van der Waals surface area contributed by atoms with Crippen molar-refractivity contribution in [1.82, 2.24) is 5.32 Å². The third-order valence-corrected chi connectivity index (χ3v) is 3.21. The number of alkyl halides is 3. The molecule has 106 valence electrons. The number of rotatable bonds is 1. The van der Waals surface area contributed by atoms with Gasteiger partial charge in [-0.25, -0.2) is 4.39 Å². The number of nitrogens with zero attached hydrogens (tertiary/aromatic N) is 1. The van der Waals surface area contributed by atoms with Crippen molar-refractivity contribution < 1.29 is 17.6 Å². The second-order valence-corrected chi connectivity index (χ2v) is 4.82. The molecule has 1 atom stereocenters. The molecule has 1 aromatic carbocycles. The molecule has 0 aliphatic carbocycles. The van der Waals surface area contributed by atoms with Crippen LogP contribution in [0.4, 0.5) is 23.2 Å². The number of halogens is 4. The molecule has 1 fully saturated rings. The van der Waals surface area contributed by atoms with Crippen molar-refractivity contribution in [3.8, 4) is 0 Å². The smallest absolute Gasteiger partial charge is 0.368 e. The first-order chi connectivity index (χ1) is 8.88. The molecule has 1 aromatic rings. The molecule has 2 rings (SSSR count). The second kappa shape index (κ2) is 5.36. The first-order valence-corrected chi connectivity index (χ1v) is 6.23. The molecule has 1 N–H and O–H groups in total. The van der Waals surface area contributed by atoms with E-state index in [9.17, 15) is 17.6 Å². The Morgan fingerprint density at radius 2 is 2.05 bits per heavy atom. The van der Waals surface area contributed by atoms with Crippen LogP contribution in [-0.2, 0) is 6.18 Å². The van der Waals surface area contributed by atoms with Crippen LogP contribution in [0.1, 0.15) is 18.9 Å². The molecule has 0 bridgehead atoms. The van der Waals surface area contributed by atoms with E-state index in [1.807, 2.05) is 6.92 Å². The van der Waals surface area contributed by atoms with E-state index in [-0.39, 0.29) is 11.7 Å². The molecule has 6 heteroatoms. The fourth-order valence-corrected chi connectivity index (χ4v) is 2.25. The lowest BCUT2D eigenvalue weighted by Gasteiger charge is -2.26. The highest BCUT2D eigenvalue weighted by Crippen LogP contribution is 2.33. The van der Waals surface area contributed by atoms with Gasteiger partial charge in [0.15, 0.2) is 0 Å². The van der Waals surface area contributed by atoms with Gasteiger partial charge in [0.1, 0.15) is 5.82 Å². The SMILES string of the molecule is CC1CN(c2cc(C(F)(F)F)ccc2F)CCCN1. The summed E-state index contributed by atoms with van der Waals surface area (Å²) in [5.41, 5.74) is -0.779. The van der Waals surface area contributed by atoms with Gasteiger partial charge in [-0.15, -0.1) is 0 Å². The maximum Gasteiger partial charge on any atom is 0.416 e. The van der Waals surface area contributed by atoms with Crippen LogP contribution < -0.4 is 10.2 Å². The second-order valence-electron chi connectivity index (χ2n) is 4.82. The molecule has 0 amide bonds. The molecule has 1 heterocycles. The summed E-state index contributed by atoms with van der Waals surface area (Å²) in [5, 5.41) is 3.22. The number of hydrogen-bond donors (Lipinski definition) is 1. The molecular weight excluding hydrogens is 260 g/mol. The first-order valence-electron chi connectivity index (χ1n) is 6.23. The van der Waals surface area contributed by atoms with Crippen molar-refractivity contribution in [2.24, 2.45) is 0 Å². The predicted molar refractivity (Wildman–Crippen MR) is 65.7 cm³/mol. The van der Waals surface area contributed by atoms with Crippen LogP contribution in [-0.4, -0.2) is 25.7 Å². The molecule has 1 saturated heterocycles. The molecule has 0 radical (unpaired) electrons. The van der Waals surface area contributed by atoms with Gasteiger partial charge in [-0.2, -0.15) is 13.2 Å². The van der Waals surface area contributed by atoms with E-state index in [0.29, 0.717) is 13.1 Å². The summed E-state index contributed by atoms with van der Waals surface area (Å²) in [4.78, 5) is 1.68.